The summed E-state index contributed by atoms with van der Waals surface area (Å²) in [5, 5.41) is 14.3. The van der Waals surface area contributed by atoms with Crippen LogP contribution in [0.25, 0.3) is 23.4 Å². The third-order valence-corrected chi connectivity index (χ3v) is 4.98. The van der Waals surface area contributed by atoms with E-state index >= 15 is 0 Å². The quantitative estimate of drug-likeness (QED) is 0.691. The number of carboxylic acid groups (broad SMARTS) is 1. The van der Waals surface area contributed by atoms with Crippen LogP contribution in [0.3, 0.4) is 0 Å². The molecule has 4 rings (SSSR count). The van der Waals surface area contributed by atoms with Gasteiger partial charge >= 0.3 is 5.97 Å². The molecule has 0 saturated carbocycles. The third kappa shape index (κ3) is 3.46. The number of nitrogens with zero attached hydrogens (tertiary/aromatic N) is 3. The van der Waals surface area contributed by atoms with Crippen LogP contribution < -0.4 is 5.73 Å². The van der Waals surface area contributed by atoms with Gasteiger partial charge in [-0.2, -0.15) is 5.10 Å². The van der Waals surface area contributed by atoms with Crippen LogP contribution >= 0.6 is 0 Å². The van der Waals surface area contributed by atoms with Crippen LogP contribution in [0.1, 0.15) is 39.3 Å². The molecule has 3 N–H and O–H groups in total. The Hall–Kier alpha value is -3.25. The fraction of sp³-hybridized carbons (Fsp3) is 0.227. The summed E-state index contributed by atoms with van der Waals surface area (Å²) in [6.07, 6.45) is 7.97. The number of rotatable bonds is 6. The summed E-state index contributed by atoms with van der Waals surface area (Å²) in [6, 6.07) is 12.0. The summed E-state index contributed by atoms with van der Waals surface area (Å²) in [5.41, 5.74) is 11.4. The summed E-state index contributed by atoms with van der Waals surface area (Å²) in [4.78, 5) is 16.4. The normalized spacial score (nSPS) is 12.8. The number of hydrogen-bond acceptors (Lipinski definition) is 4. The molecule has 0 amide bonds. The molecule has 0 atom stereocenters. The average molecular weight is 374 g/mol. The monoisotopic (exact) mass is 374 g/mol. The molecule has 0 aliphatic heterocycles. The molecule has 0 unspecified atom stereocenters. The van der Waals surface area contributed by atoms with E-state index in [0.29, 0.717) is 25.9 Å². The number of pyridine rings is 1. The molecule has 1 aromatic carbocycles. The Balaban J connectivity index is 1.73. The molecule has 0 fully saturated rings. The summed E-state index contributed by atoms with van der Waals surface area (Å²) >= 11 is 0. The lowest BCUT2D eigenvalue weighted by molar-refractivity contribution is 0.0681. The number of benzene rings is 1. The molecule has 6 nitrogen and oxygen atoms in total. The smallest absolute Gasteiger partial charge is 0.354 e. The van der Waals surface area contributed by atoms with Crippen molar-refractivity contribution in [1.82, 2.24) is 14.8 Å². The molecule has 0 saturated heterocycles. The molecule has 2 heterocycles. The van der Waals surface area contributed by atoms with Gasteiger partial charge in [0.05, 0.1) is 11.4 Å². The van der Waals surface area contributed by atoms with Gasteiger partial charge in [-0.25, -0.2) is 4.79 Å². The highest BCUT2D eigenvalue weighted by molar-refractivity contribution is 5.91. The number of nitrogens with two attached hydrogens (primary N) is 1. The predicted molar refractivity (Wildman–Crippen MR) is 109 cm³/mol. The molecule has 142 valence electrons. The number of carbonyl (C=O) groups is 1. The second-order valence-corrected chi connectivity index (χ2v) is 6.86. The van der Waals surface area contributed by atoms with E-state index in [4.69, 9.17) is 5.73 Å². The maximum absolute atomic E-state index is 11.8. The van der Waals surface area contributed by atoms with Crippen molar-refractivity contribution in [3.8, 4) is 11.3 Å². The zero-order chi connectivity index (χ0) is 19.5. The van der Waals surface area contributed by atoms with Crippen LogP contribution in [-0.2, 0) is 19.4 Å². The van der Waals surface area contributed by atoms with Gasteiger partial charge in [-0.15, -0.1) is 0 Å². The first-order valence-corrected chi connectivity index (χ1v) is 9.43. The van der Waals surface area contributed by atoms with Crippen LogP contribution in [0.15, 0.2) is 42.6 Å². The lowest BCUT2D eigenvalue weighted by atomic mass is 9.89. The Kier molecular flexibility index (Phi) is 5.04. The highest BCUT2D eigenvalue weighted by Crippen LogP contribution is 2.35. The average Bonchev–Trinajstić information content (AvgIpc) is 3.10. The van der Waals surface area contributed by atoms with E-state index in [-0.39, 0.29) is 5.69 Å². The number of fused-ring (bicyclic) bond motifs is 3. The largest absolute Gasteiger partial charge is 0.477 e. The molecule has 1 aliphatic carbocycles. The Morgan fingerprint density at radius 3 is 2.79 bits per heavy atom. The van der Waals surface area contributed by atoms with Crippen LogP contribution in [0, 0.1) is 0 Å². The topological polar surface area (TPSA) is 94.0 Å². The Morgan fingerprint density at radius 1 is 1.21 bits per heavy atom. The number of hydrogen-bond donors (Lipinski definition) is 2. The molecule has 0 radical (unpaired) electrons. The summed E-state index contributed by atoms with van der Waals surface area (Å²) in [5.74, 6) is -0.938. The van der Waals surface area contributed by atoms with Gasteiger partial charge in [0, 0.05) is 23.9 Å². The van der Waals surface area contributed by atoms with Crippen molar-refractivity contribution in [2.75, 3.05) is 6.54 Å². The highest BCUT2D eigenvalue weighted by atomic mass is 16.4. The molecule has 28 heavy (non-hydrogen) atoms. The first-order valence-electron chi connectivity index (χ1n) is 9.43. The second kappa shape index (κ2) is 7.78. The van der Waals surface area contributed by atoms with Gasteiger partial charge in [0.15, 0.2) is 0 Å². The van der Waals surface area contributed by atoms with Gasteiger partial charge < -0.3 is 10.8 Å². The highest BCUT2D eigenvalue weighted by Gasteiger charge is 2.28. The lowest BCUT2D eigenvalue weighted by Gasteiger charge is -2.15. The van der Waals surface area contributed by atoms with E-state index in [1.54, 1.807) is 4.68 Å². The molecule has 0 bridgehead atoms. The standard InChI is InChI=1S/C22H22N4O2/c23-11-4-12-26-21(22(27)28)18-10-8-16-14-24-17(13-19(16)20(18)25-26)9-7-15-5-2-1-3-6-15/h1-3,5-7,9,13-14H,4,8,10-12,23H2,(H,27,28). The van der Waals surface area contributed by atoms with E-state index < -0.39 is 5.97 Å². The Bertz CT molecular complexity index is 1040. The van der Waals surface area contributed by atoms with Crippen LogP contribution in [0.4, 0.5) is 0 Å². The van der Waals surface area contributed by atoms with Crippen molar-refractivity contribution in [2.24, 2.45) is 5.73 Å². The zero-order valence-corrected chi connectivity index (χ0v) is 15.5. The first-order chi connectivity index (χ1) is 13.7. The summed E-state index contributed by atoms with van der Waals surface area (Å²) in [6.45, 7) is 1.00. The second-order valence-electron chi connectivity index (χ2n) is 6.86. The number of carboxylic acids is 1. The van der Waals surface area contributed by atoms with Gasteiger partial charge in [-0.1, -0.05) is 36.4 Å². The van der Waals surface area contributed by atoms with Crippen molar-refractivity contribution in [3.63, 3.8) is 0 Å². The van der Waals surface area contributed by atoms with Crippen molar-refractivity contribution in [2.45, 2.75) is 25.8 Å². The number of aromatic nitrogens is 3. The van der Waals surface area contributed by atoms with Crippen molar-refractivity contribution >= 4 is 18.1 Å². The maximum atomic E-state index is 11.8. The summed E-state index contributed by atoms with van der Waals surface area (Å²) < 4.78 is 1.59. The Labute approximate surface area is 163 Å². The zero-order valence-electron chi connectivity index (χ0n) is 15.5. The molecule has 1 aliphatic rings. The number of aromatic carboxylic acids is 1. The minimum Gasteiger partial charge on any atom is -0.477 e. The first kappa shape index (κ1) is 18.1. The summed E-state index contributed by atoms with van der Waals surface area (Å²) in [7, 11) is 0. The molecular weight excluding hydrogens is 352 g/mol. The van der Waals surface area contributed by atoms with Gasteiger partial charge in [0.2, 0.25) is 0 Å². The predicted octanol–water partition coefficient (Wildman–Crippen LogP) is 3.26. The SMILES string of the molecule is NCCCn1nc2c(c1C(=O)O)CCc1cnc(C=Cc3ccccc3)cc1-2. The third-order valence-electron chi connectivity index (χ3n) is 4.98. The van der Waals surface area contributed by atoms with Crippen LogP contribution in [0.5, 0.6) is 0 Å². The molecule has 2 aromatic heterocycles. The van der Waals surface area contributed by atoms with E-state index in [1.807, 2.05) is 54.7 Å². The van der Waals surface area contributed by atoms with E-state index in [1.165, 1.54) is 0 Å². The van der Waals surface area contributed by atoms with Gasteiger partial charge in [0.1, 0.15) is 5.69 Å². The number of aryl methyl sites for hydroxylation is 2. The van der Waals surface area contributed by atoms with Crippen LogP contribution in [-0.4, -0.2) is 32.4 Å². The van der Waals surface area contributed by atoms with E-state index in [9.17, 15) is 9.90 Å². The van der Waals surface area contributed by atoms with E-state index in [0.717, 1.165) is 40.1 Å². The van der Waals surface area contributed by atoms with Gasteiger partial charge in [0.25, 0.3) is 0 Å². The molecule has 6 heteroatoms. The lowest BCUT2D eigenvalue weighted by Crippen LogP contribution is -2.14. The fourth-order valence-corrected chi connectivity index (χ4v) is 3.61. The molecule has 3 aromatic rings. The van der Waals surface area contributed by atoms with Gasteiger partial charge in [-0.05, 0) is 49.1 Å². The van der Waals surface area contributed by atoms with Gasteiger partial charge in [-0.3, -0.25) is 9.67 Å². The van der Waals surface area contributed by atoms with Crippen molar-refractivity contribution < 1.29 is 9.90 Å². The van der Waals surface area contributed by atoms with E-state index in [2.05, 4.69) is 10.1 Å². The maximum Gasteiger partial charge on any atom is 0.354 e. The molecule has 0 spiro atoms. The minimum absolute atomic E-state index is 0.285. The molecular formula is C22H22N4O2. The van der Waals surface area contributed by atoms with Crippen molar-refractivity contribution in [3.05, 3.63) is 70.7 Å². The minimum atomic E-state index is -0.938. The van der Waals surface area contributed by atoms with Crippen LogP contribution in [0.2, 0.25) is 0 Å². The van der Waals surface area contributed by atoms with Crippen molar-refractivity contribution in [1.29, 1.82) is 0 Å². The fourth-order valence-electron chi connectivity index (χ4n) is 3.61. The Morgan fingerprint density at radius 2 is 2.04 bits per heavy atom.